The molecule has 0 bridgehead atoms. The maximum atomic E-state index is 12.8. The minimum Gasteiger partial charge on any atom is -0.470 e. The molecule has 2 aromatic rings. The third-order valence-corrected chi connectivity index (χ3v) is 5.17. The van der Waals surface area contributed by atoms with Crippen molar-refractivity contribution in [3.63, 3.8) is 0 Å². The van der Waals surface area contributed by atoms with Crippen LogP contribution < -0.4 is 9.64 Å². The summed E-state index contributed by atoms with van der Waals surface area (Å²) in [5, 5.41) is 0.917. The van der Waals surface area contributed by atoms with Crippen molar-refractivity contribution in [1.82, 2.24) is 19.9 Å². The molecule has 1 aliphatic rings. The maximum absolute atomic E-state index is 12.8. The van der Waals surface area contributed by atoms with Crippen molar-refractivity contribution in [1.29, 1.82) is 0 Å². The third kappa shape index (κ3) is 3.89. The van der Waals surface area contributed by atoms with Crippen LogP contribution in [0.4, 0.5) is 5.82 Å². The number of anilines is 1. The molecular weight excluding hydrogens is 338 g/mol. The van der Waals surface area contributed by atoms with Gasteiger partial charge >= 0.3 is 0 Å². The summed E-state index contributed by atoms with van der Waals surface area (Å²) in [6.07, 6.45) is 4.99. The van der Waals surface area contributed by atoms with Crippen LogP contribution in [0.3, 0.4) is 0 Å². The lowest BCUT2D eigenvalue weighted by atomic mass is 10.1. The Labute approximate surface area is 151 Å². The summed E-state index contributed by atoms with van der Waals surface area (Å²) in [5.41, 5.74) is 0.805. The molecule has 0 unspecified atom stereocenters. The van der Waals surface area contributed by atoms with E-state index in [4.69, 9.17) is 4.74 Å². The van der Waals surface area contributed by atoms with Gasteiger partial charge < -0.3 is 14.5 Å². The summed E-state index contributed by atoms with van der Waals surface area (Å²) < 4.78 is 6.08. The number of nitrogens with zero attached hydrogens (tertiary/aromatic N) is 5. The highest BCUT2D eigenvalue weighted by Crippen LogP contribution is 2.26. The quantitative estimate of drug-likeness (QED) is 0.832. The number of rotatable bonds is 4. The predicted molar refractivity (Wildman–Crippen MR) is 97.5 cm³/mol. The normalized spacial score (nSPS) is 17.4. The molecule has 1 saturated heterocycles. The molecule has 25 heavy (non-hydrogen) atoms. The molecule has 7 nitrogen and oxygen atoms in total. The summed E-state index contributed by atoms with van der Waals surface area (Å²) in [6, 6.07) is 0. The largest absolute Gasteiger partial charge is 0.470 e. The van der Waals surface area contributed by atoms with Crippen molar-refractivity contribution < 1.29 is 9.53 Å². The number of amides is 1. The fraction of sp³-hybridized carbons (Fsp3) is 0.529. The van der Waals surface area contributed by atoms with Gasteiger partial charge in [-0.3, -0.25) is 4.79 Å². The number of carbonyl (C=O) groups excluding carboxylic acids is 1. The van der Waals surface area contributed by atoms with Crippen LogP contribution in [-0.4, -0.2) is 59.0 Å². The van der Waals surface area contributed by atoms with E-state index in [9.17, 15) is 4.79 Å². The van der Waals surface area contributed by atoms with Crippen molar-refractivity contribution in [3.05, 3.63) is 28.0 Å². The molecule has 0 saturated carbocycles. The highest BCUT2D eigenvalue weighted by atomic mass is 32.1. The highest BCUT2D eigenvalue weighted by molar-refractivity contribution is 7.13. The van der Waals surface area contributed by atoms with Gasteiger partial charge in [0.1, 0.15) is 11.0 Å². The molecule has 0 aliphatic carbocycles. The van der Waals surface area contributed by atoms with Gasteiger partial charge in [0.05, 0.1) is 17.2 Å². The summed E-state index contributed by atoms with van der Waals surface area (Å²) in [5.74, 6) is 1.25. The maximum Gasteiger partial charge on any atom is 0.265 e. The van der Waals surface area contributed by atoms with Gasteiger partial charge in [0.2, 0.25) is 0 Å². The molecule has 0 aromatic carbocycles. The van der Waals surface area contributed by atoms with Crippen LogP contribution in [0.2, 0.25) is 0 Å². The van der Waals surface area contributed by atoms with Gasteiger partial charge in [0.15, 0.2) is 5.82 Å². The van der Waals surface area contributed by atoms with E-state index in [1.54, 1.807) is 12.4 Å². The van der Waals surface area contributed by atoms with Gasteiger partial charge in [0.25, 0.3) is 11.8 Å². The lowest BCUT2D eigenvalue weighted by molar-refractivity contribution is 0.0531. The van der Waals surface area contributed by atoms with Gasteiger partial charge in [-0.25, -0.2) is 15.0 Å². The Morgan fingerprint density at radius 1 is 1.32 bits per heavy atom. The van der Waals surface area contributed by atoms with Crippen LogP contribution in [0, 0.1) is 13.8 Å². The molecule has 0 N–H and O–H groups in total. The highest BCUT2D eigenvalue weighted by Gasteiger charge is 2.28. The molecule has 2 aromatic heterocycles. The van der Waals surface area contributed by atoms with E-state index in [-0.39, 0.29) is 12.0 Å². The minimum atomic E-state index is -0.0811. The molecule has 8 heteroatoms. The predicted octanol–water partition coefficient (Wildman–Crippen LogP) is 2.30. The number of hydrogen-bond donors (Lipinski definition) is 0. The van der Waals surface area contributed by atoms with Crippen LogP contribution in [0.25, 0.3) is 0 Å². The van der Waals surface area contributed by atoms with E-state index in [2.05, 4.69) is 15.0 Å². The average Bonchev–Trinajstić information content (AvgIpc) is 2.93. The second kappa shape index (κ2) is 7.35. The monoisotopic (exact) mass is 361 g/mol. The van der Waals surface area contributed by atoms with E-state index in [1.165, 1.54) is 11.3 Å². The number of ether oxygens (including phenoxy) is 1. The molecule has 1 aliphatic heterocycles. The molecule has 0 spiro atoms. The fourth-order valence-electron chi connectivity index (χ4n) is 2.96. The smallest absolute Gasteiger partial charge is 0.265 e. The molecular formula is C17H23N5O2S. The summed E-state index contributed by atoms with van der Waals surface area (Å²) in [4.78, 5) is 30.2. The molecule has 0 radical (unpaired) electrons. The molecule has 3 rings (SSSR count). The Balaban J connectivity index is 1.71. The number of hydrogen-bond acceptors (Lipinski definition) is 7. The Hall–Kier alpha value is -2.22. The second-order valence-electron chi connectivity index (χ2n) is 6.36. The van der Waals surface area contributed by atoms with Gasteiger partial charge in [-0.15, -0.1) is 11.3 Å². The fourth-order valence-corrected chi connectivity index (χ4v) is 3.85. The first-order valence-electron chi connectivity index (χ1n) is 8.34. The van der Waals surface area contributed by atoms with Crippen LogP contribution in [0.15, 0.2) is 12.4 Å². The standard InChI is InChI=1S/C17H23N5O2S/c1-11-14(25-12(2)20-11)17(23)22-9-5-6-13(10-22)24-16-15(21(3)4)18-7-8-19-16/h7-8,13H,5-6,9-10H2,1-4H3/t13-/m0/s1. The first-order valence-corrected chi connectivity index (χ1v) is 9.15. The van der Waals surface area contributed by atoms with Crippen molar-refractivity contribution in [2.45, 2.75) is 32.8 Å². The molecule has 134 valence electrons. The topological polar surface area (TPSA) is 71.5 Å². The molecule has 1 atom stereocenters. The minimum absolute atomic E-state index is 0.0448. The average molecular weight is 361 g/mol. The van der Waals surface area contributed by atoms with Crippen LogP contribution >= 0.6 is 11.3 Å². The van der Waals surface area contributed by atoms with Gasteiger partial charge in [0, 0.05) is 33.0 Å². The number of thiazole rings is 1. The van der Waals surface area contributed by atoms with Crippen LogP contribution in [0.1, 0.15) is 33.2 Å². The van der Waals surface area contributed by atoms with E-state index in [1.807, 2.05) is 37.7 Å². The molecule has 1 fully saturated rings. The first-order chi connectivity index (χ1) is 12.0. The number of likely N-dealkylation sites (tertiary alicyclic amines) is 1. The van der Waals surface area contributed by atoms with Crippen LogP contribution in [0.5, 0.6) is 5.88 Å². The van der Waals surface area contributed by atoms with Crippen molar-refractivity contribution >= 4 is 23.1 Å². The summed E-state index contributed by atoms with van der Waals surface area (Å²) in [6.45, 7) is 5.11. The van der Waals surface area contributed by atoms with Crippen molar-refractivity contribution in [2.24, 2.45) is 0 Å². The number of carbonyl (C=O) groups is 1. The summed E-state index contributed by atoms with van der Waals surface area (Å²) >= 11 is 1.46. The van der Waals surface area contributed by atoms with Crippen LogP contribution in [-0.2, 0) is 0 Å². The van der Waals surface area contributed by atoms with Crippen molar-refractivity contribution in [3.8, 4) is 5.88 Å². The van der Waals surface area contributed by atoms with E-state index < -0.39 is 0 Å². The molecule has 3 heterocycles. The lowest BCUT2D eigenvalue weighted by Gasteiger charge is -2.32. The first kappa shape index (κ1) is 17.6. The Bertz CT molecular complexity index is 761. The third-order valence-electron chi connectivity index (χ3n) is 4.11. The number of aromatic nitrogens is 3. The number of piperidine rings is 1. The van der Waals surface area contributed by atoms with E-state index in [0.717, 1.165) is 35.0 Å². The van der Waals surface area contributed by atoms with Gasteiger partial charge in [-0.1, -0.05) is 0 Å². The van der Waals surface area contributed by atoms with E-state index in [0.29, 0.717) is 18.2 Å². The zero-order chi connectivity index (χ0) is 18.0. The zero-order valence-electron chi connectivity index (χ0n) is 15.0. The number of aryl methyl sites for hydroxylation is 2. The van der Waals surface area contributed by atoms with Crippen molar-refractivity contribution in [2.75, 3.05) is 32.1 Å². The van der Waals surface area contributed by atoms with E-state index >= 15 is 0 Å². The second-order valence-corrected chi connectivity index (χ2v) is 7.56. The molecule has 1 amide bonds. The Morgan fingerprint density at radius 2 is 2.08 bits per heavy atom. The Kier molecular flexibility index (Phi) is 5.17. The van der Waals surface area contributed by atoms with Gasteiger partial charge in [-0.2, -0.15) is 0 Å². The van der Waals surface area contributed by atoms with Gasteiger partial charge in [-0.05, 0) is 26.7 Å². The SMILES string of the molecule is Cc1nc(C)c(C(=O)N2CCC[C@H](Oc3nccnc3N(C)C)C2)s1. The summed E-state index contributed by atoms with van der Waals surface area (Å²) in [7, 11) is 3.81. The zero-order valence-corrected chi connectivity index (χ0v) is 15.8. The lowest BCUT2D eigenvalue weighted by Crippen LogP contribution is -2.44. The Morgan fingerprint density at radius 3 is 2.76 bits per heavy atom.